The van der Waals surface area contributed by atoms with E-state index in [0.29, 0.717) is 5.88 Å². The molecular weight excluding hydrogens is 194 g/mol. The SMILES string of the molecule is ClCCC=Cc1cccc2cc[nH]c12. The van der Waals surface area contributed by atoms with E-state index in [4.69, 9.17) is 11.6 Å². The fourth-order valence-electron chi connectivity index (χ4n) is 1.52. The van der Waals surface area contributed by atoms with Crippen LogP contribution in [0.4, 0.5) is 0 Å². The van der Waals surface area contributed by atoms with Gasteiger partial charge in [-0.25, -0.2) is 0 Å². The van der Waals surface area contributed by atoms with Crippen molar-refractivity contribution in [2.24, 2.45) is 0 Å². The minimum absolute atomic E-state index is 0.678. The number of hydrogen-bond donors (Lipinski definition) is 1. The smallest absolute Gasteiger partial charge is 0.0527 e. The van der Waals surface area contributed by atoms with E-state index in [1.807, 2.05) is 6.20 Å². The van der Waals surface area contributed by atoms with Gasteiger partial charge in [0, 0.05) is 12.1 Å². The van der Waals surface area contributed by atoms with Crippen molar-refractivity contribution >= 4 is 28.6 Å². The number of benzene rings is 1. The molecule has 1 nitrogen and oxygen atoms in total. The van der Waals surface area contributed by atoms with Crippen molar-refractivity contribution in [1.29, 1.82) is 0 Å². The predicted molar refractivity (Wildman–Crippen MR) is 62.7 cm³/mol. The van der Waals surface area contributed by atoms with Crippen LogP contribution in [0.1, 0.15) is 12.0 Å². The lowest BCUT2D eigenvalue weighted by atomic mass is 10.1. The Balaban J connectivity index is 2.36. The molecule has 1 aromatic heterocycles. The summed E-state index contributed by atoms with van der Waals surface area (Å²) in [5.74, 6) is 0.678. The highest BCUT2D eigenvalue weighted by molar-refractivity contribution is 6.17. The summed E-state index contributed by atoms with van der Waals surface area (Å²) in [5, 5.41) is 1.25. The molecule has 0 unspecified atom stereocenters. The third kappa shape index (κ3) is 1.83. The summed E-state index contributed by atoms with van der Waals surface area (Å²) in [7, 11) is 0. The van der Waals surface area contributed by atoms with Crippen LogP contribution >= 0.6 is 11.6 Å². The first-order valence-electron chi connectivity index (χ1n) is 4.70. The molecule has 0 atom stereocenters. The number of aromatic amines is 1. The molecule has 0 fully saturated rings. The number of para-hydroxylation sites is 1. The van der Waals surface area contributed by atoms with Crippen molar-refractivity contribution < 1.29 is 0 Å². The summed E-state index contributed by atoms with van der Waals surface area (Å²) >= 11 is 5.61. The molecule has 0 radical (unpaired) electrons. The largest absolute Gasteiger partial charge is 0.361 e. The number of alkyl halides is 1. The highest BCUT2D eigenvalue weighted by Crippen LogP contribution is 2.18. The lowest BCUT2D eigenvalue weighted by Gasteiger charge is -1.95. The fraction of sp³-hybridized carbons (Fsp3) is 0.167. The van der Waals surface area contributed by atoms with Gasteiger partial charge in [0.2, 0.25) is 0 Å². The summed E-state index contributed by atoms with van der Waals surface area (Å²) in [5.41, 5.74) is 2.41. The molecule has 0 aliphatic carbocycles. The molecule has 0 saturated heterocycles. The molecule has 2 rings (SSSR count). The number of rotatable bonds is 3. The number of aromatic nitrogens is 1. The van der Waals surface area contributed by atoms with Gasteiger partial charge in [0.15, 0.2) is 0 Å². The molecule has 0 aliphatic heterocycles. The molecule has 0 spiro atoms. The standard InChI is InChI=1S/C12H12ClN/c13-8-2-1-4-10-5-3-6-11-7-9-14-12(10)11/h1,3-7,9,14H,2,8H2. The molecule has 1 heterocycles. The van der Waals surface area contributed by atoms with Crippen LogP contribution in [-0.4, -0.2) is 10.9 Å². The Kier molecular flexibility index (Phi) is 2.90. The van der Waals surface area contributed by atoms with E-state index in [9.17, 15) is 0 Å². The first-order chi connectivity index (χ1) is 6.92. The van der Waals surface area contributed by atoms with Gasteiger partial charge >= 0.3 is 0 Å². The van der Waals surface area contributed by atoms with Gasteiger partial charge in [-0.3, -0.25) is 0 Å². The average molecular weight is 206 g/mol. The van der Waals surface area contributed by atoms with Gasteiger partial charge in [0.25, 0.3) is 0 Å². The highest BCUT2D eigenvalue weighted by atomic mass is 35.5. The zero-order valence-electron chi connectivity index (χ0n) is 7.83. The van der Waals surface area contributed by atoms with Crippen molar-refractivity contribution in [3.8, 4) is 0 Å². The number of H-pyrrole nitrogens is 1. The van der Waals surface area contributed by atoms with E-state index < -0.39 is 0 Å². The number of nitrogens with one attached hydrogen (secondary N) is 1. The monoisotopic (exact) mass is 205 g/mol. The van der Waals surface area contributed by atoms with Crippen LogP contribution in [-0.2, 0) is 0 Å². The van der Waals surface area contributed by atoms with Crippen molar-refractivity contribution in [2.75, 3.05) is 5.88 Å². The molecule has 0 aliphatic rings. The summed E-state index contributed by atoms with van der Waals surface area (Å²) in [6.07, 6.45) is 7.09. The molecule has 2 heteroatoms. The van der Waals surface area contributed by atoms with Gasteiger partial charge in [-0.15, -0.1) is 11.6 Å². The molecule has 14 heavy (non-hydrogen) atoms. The molecule has 2 aromatic rings. The number of hydrogen-bond acceptors (Lipinski definition) is 0. The Hall–Kier alpha value is -1.21. The lowest BCUT2D eigenvalue weighted by molar-refractivity contribution is 1.24. The number of allylic oxidation sites excluding steroid dienone is 1. The first-order valence-corrected chi connectivity index (χ1v) is 5.24. The van der Waals surface area contributed by atoms with Crippen LogP contribution in [0, 0.1) is 0 Å². The summed E-state index contributed by atoms with van der Waals surface area (Å²) in [6, 6.07) is 8.35. The number of fused-ring (bicyclic) bond motifs is 1. The van der Waals surface area contributed by atoms with Crippen LogP contribution in [0.15, 0.2) is 36.5 Å². The minimum Gasteiger partial charge on any atom is -0.361 e. The van der Waals surface area contributed by atoms with Crippen molar-refractivity contribution in [2.45, 2.75) is 6.42 Å². The predicted octanol–water partition coefficient (Wildman–Crippen LogP) is 3.81. The molecule has 0 amide bonds. The second kappa shape index (κ2) is 4.34. The van der Waals surface area contributed by atoms with E-state index in [-0.39, 0.29) is 0 Å². The van der Waals surface area contributed by atoms with Crippen LogP contribution in [0.3, 0.4) is 0 Å². The average Bonchev–Trinajstić information content (AvgIpc) is 2.67. The maximum absolute atomic E-state index is 5.61. The second-order valence-electron chi connectivity index (χ2n) is 3.17. The highest BCUT2D eigenvalue weighted by Gasteiger charge is 1.96. The van der Waals surface area contributed by atoms with Crippen molar-refractivity contribution in [3.05, 3.63) is 42.1 Å². The Bertz CT molecular complexity index is 442. The topological polar surface area (TPSA) is 15.8 Å². The van der Waals surface area contributed by atoms with Crippen LogP contribution in [0.25, 0.3) is 17.0 Å². The van der Waals surface area contributed by atoms with Crippen LogP contribution < -0.4 is 0 Å². The van der Waals surface area contributed by atoms with Gasteiger partial charge in [-0.2, -0.15) is 0 Å². The Labute approximate surface area is 88.4 Å². The molecule has 0 saturated carbocycles. The van der Waals surface area contributed by atoms with E-state index in [1.54, 1.807) is 0 Å². The van der Waals surface area contributed by atoms with Gasteiger partial charge in [0.1, 0.15) is 0 Å². The molecule has 1 N–H and O–H groups in total. The molecule has 72 valence electrons. The van der Waals surface area contributed by atoms with E-state index in [2.05, 4.69) is 41.4 Å². The number of halogens is 1. The van der Waals surface area contributed by atoms with Crippen molar-refractivity contribution in [1.82, 2.24) is 4.98 Å². The quantitative estimate of drug-likeness (QED) is 0.734. The molecule has 0 bridgehead atoms. The second-order valence-corrected chi connectivity index (χ2v) is 3.55. The summed E-state index contributed by atoms with van der Waals surface area (Å²) in [6.45, 7) is 0. The third-order valence-corrected chi connectivity index (χ3v) is 2.41. The summed E-state index contributed by atoms with van der Waals surface area (Å²) in [4.78, 5) is 3.23. The summed E-state index contributed by atoms with van der Waals surface area (Å²) < 4.78 is 0. The minimum atomic E-state index is 0.678. The molecule has 1 aromatic carbocycles. The maximum Gasteiger partial charge on any atom is 0.0527 e. The molecular formula is C12H12ClN. The van der Waals surface area contributed by atoms with Crippen LogP contribution in [0.2, 0.25) is 0 Å². The van der Waals surface area contributed by atoms with E-state index >= 15 is 0 Å². The third-order valence-electron chi connectivity index (χ3n) is 2.19. The Morgan fingerprint density at radius 2 is 2.21 bits per heavy atom. The van der Waals surface area contributed by atoms with Gasteiger partial charge < -0.3 is 4.98 Å². The van der Waals surface area contributed by atoms with Gasteiger partial charge in [-0.05, 0) is 23.4 Å². The Morgan fingerprint density at radius 1 is 1.29 bits per heavy atom. The fourth-order valence-corrected chi connectivity index (χ4v) is 1.65. The zero-order valence-corrected chi connectivity index (χ0v) is 8.59. The normalized spacial score (nSPS) is 11.5. The first kappa shape index (κ1) is 9.35. The van der Waals surface area contributed by atoms with Gasteiger partial charge in [-0.1, -0.05) is 30.4 Å². The maximum atomic E-state index is 5.61. The van der Waals surface area contributed by atoms with E-state index in [0.717, 1.165) is 6.42 Å². The van der Waals surface area contributed by atoms with Crippen LogP contribution in [0.5, 0.6) is 0 Å². The lowest BCUT2D eigenvalue weighted by Crippen LogP contribution is -1.76. The van der Waals surface area contributed by atoms with Crippen molar-refractivity contribution in [3.63, 3.8) is 0 Å². The van der Waals surface area contributed by atoms with E-state index in [1.165, 1.54) is 16.5 Å². The van der Waals surface area contributed by atoms with Gasteiger partial charge in [0.05, 0.1) is 5.52 Å². The Morgan fingerprint density at radius 3 is 3.07 bits per heavy atom. The zero-order chi connectivity index (χ0) is 9.80.